The van der Waals surface area contributed by atoms with E-state index < -0.39 is 12.1 Å². The number of carbonyl (C=O) groups excluding carboxylic acids is 2. The highest BCUT2D eigenvalue weighted by Crippen LogP contribution is 2.17. The van der Waals surface area contributed by atoms with Gasteiger partial charge in [-0.3, -0.25) is 4.79 Å². The Kier molecular flexibility index (Phi) is 7.87. The van der Waals surface area contributed by atoms with Crippen molar-refractivity contribution in [1.82, 2.24) is 5.32 Å². The molecular formula is C22H27NO5. The third-order valence-corrected chi connectivity index (χ3v) is 3.97. The Morgan fingerprint density at radius 2 is 1.68 bits per heavy atom. The van der Waals surface area contributed by atoms with Crippen LogP contribution in [0.2, 0.25) is 0 Å². The SMILES string of the molecule is COc1ccccc1CNC(=O)[C@H](C)OC(=O)c1ccc(OCC(C)C)cc1. The van der Waals surface area contributed by atoms with E-state index in [-0.39, 0.29) is 12.5 Å². The molecule has 1 N–H and O–H groups in total. The summed E-state index contributed by atoms with van der Waals surface area (Å²) in [6, 6.07) is 14.1. The van der Waals surface area contributed by atoms with Crippen molar-refractivity contribution in [2.45, 2.75) is 33.4 Å². The lowest BCUT2D eigenvalue weighted by molar-refractivity contribution is -0.129. The minimum atomic E-state index is -0.918. The number of carbonyl (C=O) groups is 2. The van der Waals surface area contributed by atoms with Crippen LogP contribution in [0.1, 0.15) is 36.7 Å². The van der Waals surface area contributed by atoms with Crippen molar-refractivity contribution in [2.24, 2.45) is 5.92 Å². The normalized spacial score (nSPS) is 11.6. The van der Waals surface area contributed by atoms with Gasteiger partial charge >= 0.3 is 5.97 Å². The van der Waals surface area contributed by atoms with E-state index in [1.807, 2.05) is 24.3 Å². The van der Waals surface area contributed by atoms with Crippen LogP contribution in [-0.4, -0.2) is 31.7 Å². The van der Waals surface area contributed by atoms with Gasteiger partial charge in [-0.15, -0.1) is 0 Å². The number of para-hydroxylation sites is 1. The Morgan fingerprint density at radius 1 is 1.00 bits per heavy atom. The average Bonchev–Trinajstić information content (AvgIpc) is 2.70. The van der Waals surface area contributed by atoms with Gasteiger partial charge in [0.05, 0.1) is 19.3 Å². The van der Waals surface area contributed by atoms with E-state index in [0.717, 1.165) is 5.56 Å². The van der Waals surface area contributed by atoms with Gasteiger partial charge in [0.25, 0.3) is 5.91 Å². The third kappa shape index (κ3) is 6.30. The van der Waals surface area contributed by atoms with Gasteiger partial charge in [-0.2, -0.15) is 0 Å². The summed E-state index contributed by atoms with van der Waals surface area (Å²) in [5.74, 6) is 0.853. The van der Waals surface area contributed by atoms with Gasteiger partial charge in [0.15, 0.2) is 6.10 Å². The summed E-state index contributed by atoms with van der Waals surface area (Å²) in [5.41, 5.74) is 1.20. The molecule has 6 heteroatoms. The lowest BCUT2D eigenvalue weighted by atomic mass is 10.2. The van der Waals surface area contributed by atoms with Gasteiger partial charge in [0, 0.05) is 12.1 Å². The zero-order valence-electron chi connectivity index (χ0n) is 16.7. The second-order valence-electron chi connectivity index (χ2n) is 6.81. The maximum atomic E-state index is 12.2. The minimum absolute atomic E-state index is 0.284. The van der Waals surface area contributed by atoms with Crippen LogP contribution in [0, 0.1) is 5.92 Å². The molecule has 0 unspecified atom stereocenters. The fraction of sp³-hybridized carbons (Fsp3) is 0.364. The average molecular weight is 385 g/mol. The van der Waals surface area contributed by atoms with Crippen LogP contribution in [0.25, 0.3) is 0 Å². The lowest BCUT2D eigenvalue weighted by Crippen LogP contribution is -2.35. The largest absolute Gasteiger partial charge is 0.496 e. The molecule has 0 bridgehead atoms. The molecule has 2 aromatic rings. The van der Waals surface area contributed by atoms with Gasteiger partial charge in [-0.25, -0.2) is 4.79 Å². The summed E-state index contributed by atoms with van der Waals surface area (Å²) in [5, 5.41) is 2.75. The van der Waals surface area contributed by atoms with Crippen molar-refractivity contribution >= 4 is 11.9 Å². The highest BCUT2D eigenvalue weighted by molar-refractivity contribution is 5.92. The molecule has 0 heterocycles. The van der Waals surface area contributed by atoms with Crippen LogP contribution in [0.5, 0.6) is 11.5 Å². The van der Waals surface area contributed by atoms with Crippen LogP contribution in [0.15, 0.2) is 48.5 Å². The highest BCUT2D eigenvalue weighted by Gasteiger charge is 2.19. The summed E-state index contributed by atoms with van der Waals surface area (Å²) in [7, 11) is 1.57. The molecule has 1 atom stereocenters. The van der Waals surface area contributed by atoms with E-state index in [9.17, 15) is 9.59 Å². The Hall–Kier alpha value is -3.02. The molecule has 2 aromatic carbocycles. The molecule has 0 fully saturated rings. The second kappa shape index (κ2) is 10.3. The number of esters is 1. The number of amides is 1. The first-order chi connectivity index (χ1) is 13.4. The predicted octanol–water partition coefficient (Wildman–Crippen LogP) is 3.59. The summed E-state index contributed by atoms with van der Waals surface area (Å²) in [4.78, 5) is 24.5. The van der Waals surface area contributed by atoms with Crippen molar-refractivity contribution in [2.75, 3.05) is 13.7 Å². The van der Waals surface area contributed by atoms with Gasteiger partial charge in [0.2, 0.25) is 0 Å². The fourth-order valence-electron chi connectivity index (χ4n) is 2.41. The van der Waals surface area contributed by atoms with E-state index in [1.165, 1.54) is 6.92 Å². The second-order valence-corrected chi connectivity index (χ2v) is 6.81. The van der Waals surface area contributed by atoms with Gasteiger partial charge < -0.3 is 19.5 Å². The first-order valence-electron chi connectivity index (χ1n) is 9.24. The van der Waals surface area contributed by atoms with E-state index in [1.54, 1.807) is 31.4 Å². The molecule has 28 heavy (non-hydrogen) atoms. The monoisotopic (exact) mass is 385 g/mol. The van der Waals surface area contributed by atoms with Crippen LogP contribution in [0.4, 0.5) is 0 Å². The van der Waals surface area contributed by atoms with E-state index in [4.69, 9.17) is 14.2 Å². The molecule has 1 amide bonds. The maximum Gasteiger partial charge on any atom is 0.338 e. The van der Waals surface area contributed by atoms with Crippen LogP contribution in [-0.2, 0) is 16.1 Å². The zero-order valence-corrected chi connectivity index (χ0v) is 16.7. The number of hydrogen-bond acceptors (Lipinski definition) is 5. The number of nitrogens with one attached hydrogen (secondary N) is 1. The predicted molar refractivity (Wildman–Crippen MR) is 106 cm³/mol. The third-order valence-electron chi connectivity index (χ3n) is 3.97. The number of ether oxygens (including phenoxy) is 3. The van der Waals surface area contributed by atoms with E-state index >= 15 is 0 Å². The van der Waals surface area contributed by atoms with Gasteiger partial charge in [0.1, 0.15) is 11.5 Å². The Labute approximate surface area is 165 Å². The van der Waals surface area contributed by atoms with Gasteiger partial charge in [-0.1, -0.05) is 32.0 Å². The highest BCUT2D eigenvalue weighted by atomic mass is 16.5. The maximum absolute atomic E-state index is 12.2. The fourth-order valence-corrected chi connectivity index (χ4v) is 2.41. The number of hydrogen-bond donors (Lipinski definition) is 1. The Morgan fingerprint density at radius 3 is 2.32 bits per heavy atom. The molecule has 0 aliphatic carbocycles. The summed E-state index contributed by atoms with van der Waals surface area (Å²) < 4.78 is 16.1. The molecule has 0 radical (unpaired) electrons. The van der Waals surface area contributed by atoms with Crippen LogP contribution in [0.3, 0.4) is 0 Å². The smallest absolute Gasteiger partial charge is 0.338 e. The summed E-state index contributed by atoms with van der Waals surface area (Å²) in [6.45, 7) is 6.55. The van der Waals surface area contributed by atoms with E-state index in [2.05, 4.69) is 19.2 Å². The van der Waals surface area contributed by atoms with Crippen molar-refractivity contribution in [3.8, 4) is 11.5 Å². The zero-order chi connectivity index (χ0) is 20.5. The molecule has 0 saturated heterocycles. The minimum Gasteiger partial charge on any atom is -0.496 e. The molecule has 0 saturated carbocycles. The molecule has 0 aliphatic rings. The quantitative estimate of drug-likeness (QED) is 0.668. The van der Waals surface area contributed by atoms with Gasteiger partial charge in [-0.05, 0) is 43.2 Å². The molecule has 0 aromatic heterocycles. The van der Waals surface area contributed by atoms with Crippen molar-refractivity contribution in [1.29, 1.82) is 0 Å². The topological polar surface area (TPSA) is 73.9 Å². The lowest BCUT2D eigenvalue weighted by Gasteiger charge is -2.15. The van der Waals surface area contributed by atoms with E-state index in [0.29, 0.717) is 29.6 Å². The first kappa shape index (κ1) is 21.3. The number of methoxy groups -OCH3 is 1. The molecule has 6 nitrogen and oxygen atoms in total. The van der Waals surface area contributed by atoms with Crippen molar-refractivity contribution in [3.05, 3.63) is 59.7 Å². The number of benzene rings is 2. The van der Waals surface area contributed by atoms with Crippen LogP contribution < -0.4 is 14.8 Å². The standard InChI is InChI=1S/C22H27NO5/c1-15(2)14-27-19-11-9-17(10-12-19)22(25)28-16(3)21(24)23-13-18-7-5-6-8-20(18)26-4/h5-12,15-16H,13-14H2,1-4H3,(H,23,24)/t16-/m0/s1. The molecule has 2 rings (SSSR count). The Balaban J connectivity index is 1.86. The molecular weight excluding hydrogens is 358 g/mol. The van der Waals surface area contributed by atoms with Crippen LogP contribution >= 0.6 is 0 Å². The van der Waals surface area contributed by atoms with Crippen molar-refractivity contribution < 1.29 is 23.8 Å². The molecule has 150 valence electrons. The summed E-state index contributed by atoms with van der Waals surface area (Å²) >= 11 is 0. The summed E-state index contributed by atoms with van der Waals surface area (Å²) in [6.07, 6.45) is -0.918. The molecule has 0 spiro atoms. The molecule has 0 aliphatic heterocycles. The number of rotatable bonds is 9. The Bertz CT molecular complexity index is 786. The first-order valence-corrected chi connectivity index (χ1v) is 9.24. The van der Waals surface area contributed by atoms with Crippen molar-refractivity contribution in [3.63, 3.8) is 0 Å².